The molecule has 0 saturated carbocycles. The predicted molar refractivity (Wildman–Crippen MR) is 71.2 cm³/mol. The molecule has 3 fully saturated rings. The molecule has 2 bridgehead atoms. The maximum atomic E-state index is 12.6. The average molecular weight is 282 g/mol. The van der Waals surface area contributed by atoms with Gasteiger partial charge in [-0.3, -0.25) is 4.79 Å². The maximum absolute atomic E-state index is 12.6. The van der Waals surface area contributed by atoms with Crippen LogP contribution in [0, 0.1) is 11.8 Å². The molecule has 0 radical (unpaired) electrons. The van der Waals surface area contributed by atoms with Gasteiger partial charge >= 0.3 is 12.0 Å². The molecule has 2 amide bonds. The quantitative estimate of drug-likeness (QED) is 0.783. The van der Waals surface area contributed by atoms with Gasteiger partial charge in [0.15, 0.2) is 0 Å². The highest BCUT2D eigenvalue weighted by molar-refractivity contribution is 5.79. The first-order valence-corrected chi connectivity index (χ1v) is 7.52. The molecule has 6 heteroatoms. The smallest absolute Gasteiger partial charge is 0.320 e. The number of carbonyl (C=O) groups excluding carboxylic acids is 1. The van der Waals surface area contributed by atoms with Crippen molar-refractivity contribution in [3.63, 3.8) is 0 Å². The van der Waals surface area contributed by atoms with Crippen LogP contribution in [0.4, 0.5) is 4.79 Å². The number of aliphatic hydroxyl groups excluding tert-OH is 1. The molecular weight excluding hydrogens is 260 g/mol. The summed E-state index contributed by atoms with van der Waals surface area (Å²) in [6.07, 6.45) is 4.05. The van der Waals surface area contributed by atoms with Gasteiger partial charge in [0.25, 0.3) is 0 Å². The Kier molecular flexibility index (Phi) is 3.58. The summed E-state index contributed by atoms with van der Waals surface area (Å²) < 4.78 is 0. The van der Waals surface area contributed by atoms with Gasteiger partial charge in [0, 0.05) is 31.8 Å². The zero-order valence-corrected chi connectivity index (χ0v) is 11.6. The summed E-state index contributed by atoms with van der Waals surface area (Å²) >= 11 is 0. The monoisotopic (exact) mass is 282 g/mol. The summed E-state index contributed by atoms with van der Waals surface area (Å²) in [5.74, 6) is -0.845. The van der Waals surface area contributed by atoms with E-state index in [4.69, 9.17) is 5.11 Å². The highest BCUT2D eigenvalue weighted by atomic mass is 16.4. The standard InChI is InChI=1S/C14H22N2O4/c17-8-9-3-5-15(6-4-9)14(20)16-10-1-2-12(16)11(7-10)13(18)19/h9-12,17H,1-8H2,(H,18,19). The fourth-order valence-corrected chi connectivity index (χ4v) is 4.02. The first-order chi connectivity index (χ1) is 9.61. The first-order valence-electron chi connectivity index (χ1n) is 7.52. The maximum Gasteiger partial charge on any atom is 0.320 e. The fourth-order valence-electron chi connectivity index (χ4n) is 4.02. The van der Waals surface area contributed by atoms with Gasteiger partial charge < -0.3 is 20.0 Å². The molecule has 3 rings (SSSR count). The summed E-state index contributed by atoms with van der Waals surface area (Å²) in [6, 6.07) is 0.0161. The molecular formula is C14H22N2O4. The fraction of sp³-hybridized carbons (Fsp3) is 0.857. The molecule has 3 atom stereocenters. The minimum atomic E-state index is -0.769. The van der Waals surface area contributed by atoms with E-state index >= 15 is 0 Å². The van der Waals surface area contributed by atoms with Crippen molar-refractivity contribution in [1.82, 2.24) is 9.80 Å². The molecule has 2 N–H and O–H groups in total. The number of aliphatic carboxylic acids is 1. The Morgan fingerprint density at radius 3 is 2.35 bits per heavy atom. The van der Waals surface area contributed by atoms with Crippen molar-refractivity contribution < 1.29 is 19.8 Å². The average Bonchev–Trinajstić information content (AvgIpc) is 3.04. The number of likely N-dealkylation sites (tertiary alicyclic amines) is 1. The minimum Gasteiger partial charge on any atom is -0.481 e. The lowest BCUT2D eigenvalue weighted by Crippen LogP contribution is -2.49. The lowest BCUT2D eigenvalue weighted by Gasteiger charge is -2.35. The van der Waals surface area contributed by atoms with Crippen LogP contribution in [0.1, 0.15) is 32.1 Å². The van der Waals surface area contributed by atoms with Crippen molar-refractivity contribution in [2.75, 3.05) is 19.7 Å². The minimum absolute atomic E-state index is 0.0117. The van der Waals surface area contributed by atoms with Gasteiger partial charge in [0.05, 0.1) is 5.92 Å². The van der Waals surface area contributed by atoms with Crippen LogP contribution in [0.25, 0.3) is 0 Å². The molecule has 6 nitrogen and oxygen atoms in total. The topological polar surface area (TPSA) is 81.1 Å². The van der Waals surface area contributed by atoms with E-state index in [-0.39, 0.29) is 30.6 Å². The van der Waals surface area contributed by atoms with E-state index < -0.39 is 5.97 Å². The third kappa shape index (κ3) is 2.16. The van der Waals surface area contributed by atoms with Crippen molar-refractivity contribution >= 4 is 12.0 Å². The SMILES string of the molecule is O=C(O)C1CC2CCC1N2C(=O)N1CCC(CO)CC1. The summed E-state index contributed by atoms with van der Waals surface area (Å²) in [4.78, 5) is 27.5. The van der Waals surface area contributed by atoms with Gasteiger partial charge in [-0.1, -0.05) is 0 Å². The summed E-state index contributed by atoms with van der Waals surface area (Å²) in [6.45, 7) is 1.55. The van der Waals surface area contributed by atoms with Crippen molar-refractivity contribution in [2.45, 2.75) is 44.2 Å². The molecule has 0 spiro atoms. The number of amides is 2. The molecule has 0 aromatic carbocycles. The number of hydrogen-bond donors (Lipinski definition) is 2. The van der Waals surface area contributed by atoms with E-state index in [0.717, 1.165) is 25.7 Å². The Hall–Kier alpha value is -1.30. The van der Waals surface area contributed by atoms with Crippen LogP contribution in [0.2, 0.25) is 0 Å². The molecule has 112 valence electrons. The Bertz CT molecular complexity index is 406. The second-order valence-corrected chi connectivity index (χ2v) is 6.28. The van der Waals surface area contributed by atoms with Crippen LogP contribution in [0.5, 0.6) is 0 Å². The predicted octanol–water partition coefficient (Wildman–Crippen LogP) is 0.748. The number of carbonyl (C=O) groups is 2. The van der Waals surface area contributed by atoms with Crippen LogP contribution in [-0.4, -0.2) is 63.8 Å². The summed E-state index contributed by atoms with van der Waals surface area (Å²) in [5, 5.41) is 18.4. The van der Waals surface area contributed by atoms with Gasteiger partial charge in [-0.25, -0.2) is 4.79 Å². The van der Waals surface area contributed by atoms with Crippen molar-refractivity contribution in [2.24, 2.45) is 11.8 Å². The van der Waals surface area contributed by atoms with Crippen molar-refractivity contribution in [3.05, 3.63) is 0 Å². The van der Waals surface area contributed by atoms with Crippen LogP contribution in [-0.2, 0) is 4.79 Å². The van der Waals surface area contributed by atoms with Crippen LogP contribution in [0.3, 0.4) is 0 Å². The Balaban J connectivity index is 1.65. The van der Waals surface area contributed by atoms with E-state index in [9.17, 15) is 14.7 Å². The van der Waals surface area contributed by atoms with E-state index in [1.807, 2.05) is 9.80 Å². The van der Waals surface area contributed by atoms with E-state index in [1.165, 1.54) is 0 Å². The third-order valence-electron chi connectivity index (χ3n) is 5.22. The summed E-state index contributed by atoms with van der Waals surface area (Å²) in [5.41, 5.74) is 0. The number of piperidine rings is 1. The van der Waals surface area contributed by atoms with Crippen molar-refractivity contribution in [3.8, 4) is 0 Å². The molecule has 3 heterocycles. The Labute approximate surface area is 118 Å². The first kappa shape index (κ1) is 13.7. The Morgan fingerprint density at radius 1 is 1.10 bits per heavy atom. The molecule has 20 heavy (non-hydrogen) atoms. The molecule has 3 aliphatic rings. The van der Waals surface area contributed by atoms with Crippen LogP contribution in [0.15, 0.2) is 0 Å². The number of aliphatic hydroxyl groups is 1. The molecule has 3 unspecified atom stereocenters. The molecule has 0 aromatic rings. The zero-order chi connectivity index (χ0) is 14.3. The number of fused-ring (bicyclic) bond motifs is 2. The van der Waals surface area contributed by atoms with Crippen LogP contribution < -0.4 is 0 Å². The number of carboxylic acid groups (broad SMARTS) is 1. The number of carboxylic acids is 1. The molecule has 3 saturated heterocycles. The molecule has 3 aliphatic heterocycles. The number of hydrogen-bond acceptors (Lipinski definition) is 3. The second kappa shape index (κ2) is 5.24. The number of rotatable bonds is 2. The number of urea groups is 1. The molecule has 0 aromatic heterocycles. The van der Waals surface area contributed by atoms with E-state index in [1.54, 1.807) is 0 Å². The largest absolute Gasteiger partial charge is 0.481 e. The van der Waals surface area contributed by atoms with Crippen LogP contribution >= 0.6 is 0 Å². The lowest BCUT2D eigenvalue weighted by molar-refractivity contribution is -0.142. The number of nitrogens with zero attached hydrogens (tertiary/aromatic N) is 2. The van der Waals surface area contributed by atoms with E-state index in [0.29, 0.717) is 25.4 Å². The lowest BCUT2D eigenvalue weighted by atomic mass is 9.89. The van der Waals surface area contributed by atoms with Crippen molar-refractivity contribution in [1.29, 1.82) is 0 Å². The zero-order valence-electron chi connectivity index (χ0n) is 11.6. The normalized spacial score (nSPS) is 33.8. The molecule has 0 aliphatic carbocycles. The third-order valence-corrected chi connectivity index (χ3v) is 5.22. The van der Waals surface area contributed by atoms with Gasteiger partial charge in [-0.15, -0.1) is 0 Å². The highest BCUT2D eigenvalue weighted by Crippen LogP contribution is 2.42. The Morgan fingerprint density at radius 2 is 1.80 bits per heavy atom. The second-order valence-electron chi connectivity index (χ2n) is 6.28. The van der Waals surface area contributed by atoms with Gasteiger partial charge in [-0.2, -0.15) is 0 Å². The summed E-state index contributed by atoms with van der Waals surface area (Å²) in [7, 11) is 0. The van der Waals surface area contributed by atoms with E-state index in [2.05, 4.69) is 0 Å². The van der Waals surface area contributed by atoms with Gasteiger partial charge in [0.2, 0.25) is 0 Å². The van der Waals surface area contributed by atoms with Gasteiger partial charge in [-0.05, 0) is 38.0 Å². The van der Waals surface area contributed by atoms with Gasteiger partial charge in [0.1, 0.15) is 0 Å². The highest BCUT2D eigenvalue weighted by Gasteiger charge is 2.52.